The third-order valence-corrected chi connectivity index (χ3v) is 3.46. The molecule has 124 valence electrons. The van der Waals surface area contributed by atoms with Crippen LogP contribution in [-0.4, -0.2) is 27.4 Å². The molecule has 2 aromatic rings. The lowest BCUT2D eigenvalue weighted by atomic mass is 10.2. The highest BCUT2D eigenvalue weighted by molar-refractivity contribution is 6.32. The zero-order valence-electron chi connectivity index (χ0n) is 13.2. The molecule has 0 bridgehead atoms. The summed E-state index contributed by atoms with van der Waals surface area (Å²) in [5.74, 6) is 2.37. The van der Waals surface area contributed by atoms with E-state index in [2.05, 4.69) is 0 Å². The lowest BCUT2D eigenvalue weighted by molar-refractivity contribution is 0.206. The van der Waals surface area contributed by atoms with Crippen LogP contribution in [0.2, 0.25) is 5.02 Å². The van der Waals surface area contributed by atoms with Gasteiger partial charge < -0.3 is 24.7 Å². The van der Waals surface area contributed by atoms with Crippen LogP contribution in [0.4, 0.5) is 0 Å². The van der Waals surface area contributed by atoms with Crippen LogP contribution in [0.5, 0.6) is 23.0 Å². The van der Waals surface area contributed by atoms with Crippen LogP contribution in [0.3, 0.4) is 0 Å². The number of halogens is 1. The first-order chi connectivity index (χ1) is 11.2. The molecule has 0 atom stereocenters. The molecule has 23 heavy (non-hydrogen) atoms. The van der Waals surface area contributed by atoms with Crippen molar-refractivity contribution in [2.45, 2.75) is 6.54 Å². The number of ether oxygens (including phenoxy) is 4. The van der Waals surface area contributed by atoms with Gasteiger partial charge in [-0.15, -0.1) is 0 Å². The molecule has 0 spiro atoms. The van der Waals surface area contributed by atoms with Gasteiger partial charge in [0.15, 0.2) is 23.0 Å². The van der Waals surface area contributed by atoms with E-state index in [4.69, 9.17) is 36.3 Å². The highest BCUT2D eigenvalue weighted by Gasteiger charge is 2.12. The van der Waals surface area contributed by atoms with E-state index >= 15 is 0 Å². The topological polar surface area (TPSA) is 62.9 Å². The second-order valence-corrected chi connectivity index (χ2v) is 5.07. The van der Waals surface area contributed by atoms with E-state index in [-0.39, 0.29) is 0 Å². The van der Waals surface area contributed by atoms with Gasteiger partial charge in [0.1, 0.15) is 13.2 Å². The van der Waals surface area contributed by atoms with Crippen LogP contribution in [-0.2, 0) is 6.54 Å². The molecule has 0 fully saturated rings. The quantitative estimate of drug-likeness (QED) is 0.749. The second-order valence-electron chi connectivity index (χ2n) is 4.66. The van der Waals surface area contributed by atoms with Gasteiger partial charge in [0.05, 0.1) is 19.2 Å². The minimum atomic E-state index is 0.316. The molecule has 0 radical (unpaired) electrons. The van der Waals surface area contributed by atoms with Gasteiger partial charge in [-0.25, -0.2) is 0 Å². The monoisotopic (exact) mass is 337 g/mol. The maximum Gasteiger partial charge on any atom is 0.179 e. The number of hydrogen-bond acceptors (Lipinski definition) is 5. The smallest absolute Gasteiger partial charge is 0.179 e. The Morgan fingerprint density at radius 3 is 2.22 bits per heavy atom. The summed E-state index contributed by atoms with van der Waals surface area (Å²) in [5.41, 5.74) is 6.50. The first-order valence-corrected chi connectivity index (χ1v) is 7.52. The molecular weight excluding hydrogens is 318 g/mol. The predicted octanol–water partition coefficient (Wildman–Crippen LogP) is 3.27. The summed E-state index contributed by atoms with van der Waals surface area (Å²) < 4.78 is 21.9. The lowest BCUT2D eigenvalue weighted by Crippen LogP contribution is -2.10. The first-order valence-electron chi connectivity index (χ1n) is 7.14. The number of nitrogens with two attached hydrogens (primary N) is 1. The molecule has 6 heteroatoms. The normalized spacial score (nSPS) is 10.3. The Kier molecular flexibility index (Phi) is 6.38. The molecule has 0 aromatic heterocycles. The third-order valence-electron chi connectivity index (χ3n) is 3.18. The van der Waals surface area contributed by atoms with E-state index in [1.807, 2.05) is 30.3 Å². The van der Waals surface area contributed by atoms with Crippen LogP contribution in [0.15, 0.2) is 36.4 Å². The standard InChI is InChI=1S/C17H20ClNO4/c1-20-14-5-3-4-6-15(14)22-7-8-23-17-13(18)9-12(11-19)10-16(17)21-2/h3-6,9-10H,7-8,11,19H2,1-2H3. The Labute approximate surface area is 140 Å². The minimum Gasteiger partial charge on any atom is -0.493 e. The zero-order valence-corrected chi connectivity index (χ0v) is 13.9. The predicted molar refractivity (Wildman–Crippen MR) is 89.9 cm³/mol. The molecule has 2 rings (SSSR count). The van der Waals surface area contributed by atoms with E-state index in [0.717, 1.165) is 5.56 Å². The Morgan fingerprint density at radius 2 is 1.57 bits per heavy atom. The van der Waals surface area contributed by atoms with Crippen LogP contribution < -0.4 is 24.7 Å². The minimum absolute atomic E-state index is 0.316. The van der Waals surface area contributed by atoms with E-state index in [1.165, 1.54) is 0 Å². The molecule has 0 amide bonds. The fourth-order valence-electron chi connectivity index (χ4n) is 2.06. The summed E-state index contributed by atoms with van der Waals surface area (Å²) in [6, 6.07) is 11.0. The van der Waals surface area contributed by atoms with Gasteiger partial charge in [0.25, 0.3) is 0 Å². The maximum absolute atomic E-state index is 6.21. The molecule has 5 nitrogen and oxygen atoms in total. The SMILES string of the molecule is COc1ccccc1OCCOc1c(Cl)cc(CN)cc1OC. The van der Waals surface area contributed by atoms with Crippen LogP contribution in [0.1, 0.15) is 5.56 Å². The molecule has 0 aliphatic rings. The summed E-state index contributed by atoms with van der Waals surface area (Å²) in [6.07, 6.45) is 0. The summed E-state index contributed by atoms with van der Waals surface area (Å²) in [7, 11) is 3.16. The number of para-hydroxylation sites is 2. The molecule has 0 heterocycles. The number of hydrogen-bond donors (Lipinski definition) is 1. The van der Waals surface area contributed by atoms with Gasteiger partial charge >= 0.3 is 0 Å². The van der Waals surface area contributed by atoms with Crippen LogP contribution in [0, 0.1) is 0 Å². The number of methoxy groups -OCH3 is 2. The first kappa shape index (κ1) is 17.2. The van der Waals surface area contributed by atoms with Gasteiger partial charge in [-0.1, -0.05) is 23.7 Å². The lowest BCUT2D eigenvalue weighted by Gasteiger charge is -2.15. The molecule has 0 aliphatic carbocycles. The molecule has 2 aromatic carbocycles. The summed E-state index contributed by atoms with van der Waals surface area (Å²) in [4.78, 5) is 0. The highest BCUT2D eigenvalue weighted by Crippen LogP contribution is 2.36. The maximum atomic E-state index is 6.21. The molecular formula is C17H20ClNO4. The molecule has 0 unspecified atom stereocenters. The van der Waals surface area contributed by atoms with Gasteiger partial charge in [-0.3, -0.25) is 0 Å². The van der Waals surface area contributed by atoms with Crippen molar-refractivity contribution in [1.29, 1.82) is 0 Å². The molecule has 0 saturated carbocycles. The summed E-state index contributed by atoms with van der Waals surface area (Å²) in [5, 5.41) is 0.460. The van der Waals surface area contributed by atoms with Crippen molar-refractivity contribution in [3.8, 4) is 23.0 Å². The number of rotatable bonds is 8. The number of benzene rings is 2. The Bertz CT molecular complexity index is 648. The zero-order chi connectivity index (χ0) is 16.7. The van der Waals surface area contributed by atoms with Crippen molar-refractivity contribution in [3.63, 3.8) is 0 Å². The Hall–Kier alpha value is -2.11. The van der Waals surface area contributed by atoms with Crippen molar-refractivity contribution in [2.24, 2.45) is 5.73 Å². The van der Waals surface area contributed by atoms with Crippen molar-refractivity contribution >= 4 is 11.6 Å². The van der Waals surface area contributed by atoms with Gasteiger partial charge in [0.2, 0.25) is 0 Å². The summed E-state index contributed by atoms with van der Waals surface area (Å²) in [6.45, 7) is 1.04. The fraction of sp³-hybridized carbons (Fsp3) is 0.294. The van der Waals surface area contributed by atoms with Crippen molar-refractivity contribution in [1.82, 2.24) is 0 Å². The largest absolute Gasteiger partial charge is 0.493 e. The summed E-state index contributed by atoms with van der Waals surface area (Å²) >= 11 is 6.21. The van der Waals surface area contributed by atoms with E-state index in [1.54, 1.807) is 20.3 Å². The van der Waals surface area contributed by atoms with Gasteiger partial charge in [-0.2, -0.15) is 0 Å². The van der Waals surface area contributed by atoms with Crippen molar-refractivity contribution < 1.29 is 18.9 Å². The average molecular weight is 338 g/mol. The third kappa shape index (κ3) is 4.43. The Morgan fingerprint density at radius 1 is 0.913 bits per heavy atom. The van der Waals surface area contributed by atoms with E-state index in [9.17, 15) is 0 Å². The van der Waals surface area contributed by atoms with Crippen molar-refractivity contribution in [2.75, 3.05) is 27.4 Å². The Balaban J connectivity index is 1.96. The van der Waals surface area contributed by atoms with Gasteiger partial charge in [0, 0.05) is 6.54 Å². The fourth-order valence-corrected chi connectivity index (χ4v) is 2.35. The van der Waals surface area contributed by atoms with Gasteiger partial charge in [-0.05, 0) is 29.8 Å². The second kappa shape index (κ2) is 8.50. The van der Waals surface area contributed by atoms with E-state index < -0.39 is 0 Å². The van der Waals surface area contributed by atoms with Crippen LogP contribution in [0.25, 0.3) is 0 Å². The van der Waals surface area contributed by atoms with Crippen LogP contribution >= 0.6 is 11.6 Å². The molecule has 0 saturated heterocycles. The molecule has 2 N–H and O–H groups in total. The highest BCUT2D eigenvalue weighted by atomic mass is 35.5. The average Bonchev–Trinajstić information content (AvgIpc) is 2.59. The molecule has 0 aliphatic heterocycles. The van der Waals surface area contributed by atoms with E-state index in [0.29, 0.717) is 47.8 Å². The van der Waals surface area contributed by atoms with Crippen molar-refractivity contribution in [3.05, 3.63) is 47.0 Å².